The van der Waals surface area contributed by atoms with Crippen molar-refractivity contribution in [2.45, 2.75) is 40.5 Å². The lowest BCUT2D eigenvalue weighted by atomic mass is 10.1. The Hall–Kier alpha value is -3.15. The first-order chi connectivity index (χ1) is 15.9. The van der Waals surface area contributed by atoms with Gasteiger partial charge >= 0.3 is 0 Å². The summed E-state index contributed by atoms with van der Waals surface area (Å²) in [7, 11) is 0. The molecular weight excluding hydrogens is 412 g/mol. The molecular formula is C27H40N4O2. The van der Waals surface area contributed by atoms with Crippen molar-refractivity contribution in [1.29, 1.82) is 0 Å². The van der Waals surface area contributed by atoms with Crippen LogP contribution in [0, 0.1) is 0 Å². The molecule has 2 rings (SSSR count). The van der Waals surface area contributed by atoms with Crippen molar-refractivity contribution in [3.8, 4) is 0 Å². The van der Waals surface area contributed by atoms with E-state index in [0.717, 1.165) is 74.1 Å². The molecule has 1 aliphatic rings. The molecule has 1 aromatic carbocycles. The van der Waals surface area contributed by atoms with Gasteiger partial charge in [-0.15, -0.1) is 0 Å². The molecule has 1 amide bonds. The highest BCUT2D eigenvalue weighted by Gasteiger charge is 2.22. The Kier molecular flexibility index (Phi) is 10.6. The van der Waals surface area contributed by atoms with Crippen LogP contribution in [0.2, 0.25) is 0 Å². The summed E-state index contributed by atoms with van der Waals surface area (Å²) in [6, 6.07) is 6.17. The van der Waals surface area contributed by atoms with Crippen LogP contribution in [-0.4, -0.2) is 50.1 Å². The molecule has 0 saturated carbocycles. The zero-order valence-corrected chi connectivity index (χ0v) is 20.7. The molecule has 1 aromatic rings. The van der Waals surface area contributed by atoms with Gasteiger partial charge in [0.1, 0.15) is 0 Å². The van der Waals surface area contributed by atoms with Gasteiger partial charge in [0.25, 0.3) is 5.91 Å². The van der Waals surface area contributed by atoms with Gasteiger partial charge in [0, 0.05) is 44.0 Å². The lowest BCUT2D eigenvalue weighted by Gasteiger charge is -2.38. The Balaban J connectivity index is 2.24. The third-order valence-corrected chi connectivity index (χ3v) is 5.64. The number of carbonyl (C=O) groups is 1. The molecule has 0 spiro atoms. The Morgan fingerprint density at radius 1 is 1.18 bits per heavy atom. The van der Waals surface area contributed by atoms with E-state index >= 15 is 0 Å². The van der Waals surface area contributed by atoms with E-state index in [0.29, 0.717) is 12.2 Å². The van der Waals surface area contributed by atoms with E-state index in [1.165, 1.54) is 0 Å². The lowest BCUT2D eigenvalue weighted by molar-refractivity contribution is -0.112. The van der Waals surface area contributed by atoms with Crippen LogP contribution < -0.4 is 15.5 Å². The summed E-state index contributed by atoms with van der Waals surface area (Å²) in [6.45, 7) is 20.9. The zero-order chi connectivity index (χ0) is 24.2. The summed E-state index contributed by atoms with van der Waals surface area (Å²) < 4.78 is 5.57. The van der Waals surface area contributed by atoms with E-state index < -0.39 is 0 Å². The molecule has 1 fully saturated rings. The summed E-state index contributed by atoms with van der Waals surface area (Å²) >= 11 is 0. The number of amides is 1. The van der Waals surface area contributed by atoms with Crippen molar-refractivity contribution in [2.24, 2.45) is 0 Å². The van der Waals surface area contributed by atoms with E-state index in [1.807, 2.05) is 45.1 Å². The molecule has 0 atom stereocenters. The molecule has 0 aromatic heterocycles. The predicted octanol–water partition coefficient (Wildman–Crippen LogP) is 5.14. The minimum atomic E-state index is -0.112. The number of allylic oxidation sites excluding steroid dienone is 3. The van der Waals surface area contributed by atoms with Gasteiger partial charge in [-0.1, -0.05) is 44.2 Å². The Bertz CT molecular complexity index is 880. The van der Waals surface area contributed by atoms with Crippen LogP contribution in [0.1, 0.15) is 46.1 Å². The van der Waals surface area contributed by atoms with Gasteiger partial charge in [-0.25, -0.2) is 0 Å². The standard InChI is InChI=1S/C27H40N4O2/c1-7-10-12-21(4)27(32)29-25-20-24(22(5)28-15-11-8-2)13-14-26(25)31-18-16-30(17-19-31)23(6)33-9-3/h7,10,12-14,20,28H,5-6,8-9,11,15-19H2,1-4H3,(H,29,32)/b10-7-,21-12+. The minimum absolute atomic E-state index is 0.112. The number of hydrogen-bond acceptors (Lipinski definition) is 5. The zero-order valence-electron chi connectivity index (χ0n) is 20.7. The van der Waals surface area contributed by atoms with Crippen LogP contribution in [0.4, 0.5) is 11.4 Å². The fourth-order valence-corrected chi connectivity index (χ4v) is 3.61. The Morgan fingerprint density at radius 2 is 1.91 bits per heavy atom. The van der Waals surface area contributed by atoms with E-state index in [9.17, 15) is 4.79 Å². The second-order valence-electron chi connectivity index (χ2n) is 8.12. The fourth-order valence-electron chi connectivity index (χ4n) is 3.61. The summed E-state index contributed by atoms with van der Waals surface area (Å²) in [5.74, 6) is 0.611. The number of nitrogens with one attached hydrogen (secondary N) is 2. The van der Waals surface area contributed by atoms with E-state index in [4.69, 9.17) is 4.74 Å². The second-order valence-corrected chi connectivity index (χ2v) is 8.12. The SMILES string of the molecule is C=C(NCCCC)c1ccc(N2CCN(C(=C)OCC)CC2)c(NC(=O)/C(C)=C/C=C\C)c1. The van der Waals surface area contributed by atoms with Crippen LogP contribution in [0.25, 0.3) is 5.70 Å². The molecule has 0 aliphatic carbocycles. The van der Waals surface area contributed by atoms with E-state index in [1.54, 1.807) is 0 Å². The monoisotopic (exact) mass is 452 g/mol. The molecule has 1 aliphatic heterocycles. The number of anilines is 2. The summed E-state index contributed by atoms with van der Waals surface area (Å²) in [5, 5.41) is 6.51. The number of rotatable bonds is 12. The number of nitrogens with zero attached hydrogens (tertiary/aromatic N) is 2. The first-order valence-corrected chi connectivity index (χ1v) is 11.9. The van der Waals surface area contributed by atoms with E-state index in [-0.39, 0.29) is 5.91 Å². The smallest absolute Gasteiger partial charge is 0.251 e. The molecule has 0 radical (unpaired) electrons. The summed E-state index contributed by atoms with van der Waals surface area (Å²) in [4.78, 5) is 17.3. The van der Waals surface area contributed by atoms with Crippen molar-refractivity contribution in [3.05, 3.63) is 66.6 Å². The third-order valence-electron chi connectivity index (χ3n) is 5.64. The Labute approximate surface area is 199 Å². The average Bonchev–Trinajstić information content (AvgIpc) is 2.82. The molecule has 1 heterocycles. The van der Waals surface area contributed by atoms with Gasteiger partial charge in [-0.3, -0.25) is 4.79 Å². The highest BCUT2D eigenvalue weighted by atomic mass is 16.5. The topological polar surface area (TPSA) is 56.8 Å². The van der Waals surface area contributed by atoms with Crippen LogP contribution >= 0.6 is 0 Å². The van der Waals surface area contributed by atoms with Crippen molar-refractivity contribution in [3.63, 3.8) is 0 Å². The van der Waals surface area contributed by atoms with Crippen molar-refractivity contribution < 1.29 is 9.53 Å². The molecule has 2 N–H and O–H groups in total. The normalized spacial score (nSPS) is 14.4. The Morgan fingerprint density at radius 3 is 2.55 bits per heavy atom. The van der Waals surface area contributed by atoms with Crippen molar-refractivity contribution in [2.75, 3.05) is 49.5 Å². The maximum atomic E-state index is 12.9. The van der Waals surface area contributed by atoms with Gasteiger partial charge in [0.15, 0.2) is 5.88 Å². The first kappa shape index (κ1) is 26.1. The van der Waals surface area contributed by atoms with Crippen molar-refractivity contribution >= 4 is 23.0 Å². The molecule has 0 unspecified atom stereocenters. The maximum Gasteiger partial charge on any atom is 0.251 e. The van der Waals surface area contributed by atoms with Gasteiger partial charge in [0.05, 0.1) is 18.0 Å². The number of carbonyl (C=O) groups excluding carboxylic acids is 1. The number of piperazine rings is 1. The lowest BCUT2D eigenvalue weighted by Crippen LogP contribution is -2.46. The largest absolute Gasteiger partial charge is 0.480 e. The van der Waals surface area contributed by atoms with Gasteiger partial charge in [-0.05, 0) is 51.5 Å². The highest BCUT2D eigenvalue weighted by Crippen LogP contribution is 2.31. The molecule has 180 valence electrons. The number of benzene rings is 1. The first-order valence-electron chi connectivity index (χ1n) is 11.9. The van der Waals surface area contributed by atoms with E-state index in [2.05, 4.69) is 52.6 Å². The fraction of sp³-hybridized carbons (Fsp3) is 0.444. The molecule has 0 bridgehead atoms. The second kappa shape index (κ2) is 13.4. The number of ether oxygens (including phenoxy) is 1. The quantitative estimate of drug-likeness (QED) is 0.199. The minimum Gasteiger partial charge on any atom is -0.480 e. The van der Waals surface area contributed by atoms with Crippen LogP contribution in [0.15, 0.2) is 61.0 Å². The molecule has 6 heteroatoms. The number of hydrogen-bond donors (Lipinski definition) is 2. The molecule has 1 saturated heterocycles. The van der Waals surface area contributed by atoms with Gasteiger partial charge < -0.3 is 25.2 Å². The maximum absolute atomic E-state index is 12.9. The summed E-state index contributed by atoms with van der Waals surface area (Å²) in [6.07, 6.45) is 7.82. The summed E-state index contributed by atoms with van der Waals surface area (Å²) in [5.41, 5.74) is 4.30. The molecule has 6 nitrogen and oxygen atoms in total. The van der Waals surface area contributed by atoms with Gasteiger partial charge in [0.2, 0.25) is 0 Å². The van der Waals surface area contributed by atoms with Crippen LogP contribution in [-0.2, 0) is 9.53 Å². The molecule has 33 heavy (non-hydrogen) atoms. The van der Waals surface area contributed by atoms with Gasteiger partial charge in [-0.2, -0.15) is 0 Å². The third kappa shape index (κ3) is 7.74. The van der Waals surface area contributed by atoms with Crippen LogP contribution in [0.5, 0.6) is 0 Å². The predicted molar refractivity (Wildman–Crippen MR) is 140 cm³/mol. The van der Waals surface area contributed by atoms with Crippen molar-refractivity contribution in [1.82, 2.24) is 10.2 Å². The average molecular weight is 453 g/mol. The number of unbranched alkanes of at least 4 members (excludes halogenated alkanes) is 1. The van der Waals surface area contributed by atoms with Crippen LogP contribution in [0.3, 0.4) is 0 Å². The highest BCUT2D eigenvalue weighted by molar-refractivity contribution is 6.05.